The minimum absolute atomic E-state index is 0.742. The Hall–Kier alpha value is -3.55. The molecule has 0 radical (unpaired) electrons. The van der Waals surface area contributed by atoms with Crippen molar-refractivity contribution in [3.8, 4) is 22.3 Å². The fourth-order valence-corrected chi connectivity index (χ4v) is 4.50. The number of benzene rings is 5. The molecule has 1 nitrogen and oxygen atoms in total. The van der Waals surface area contributed by atoms with E-state index in [1.54, 1.807) is 0 Å². The number of fused-ring (bicyclic) bond motifs is 5. The van der Waals surface area contributed by atoms with Gasteiger partial charge in [-0.1, -0.05) is 90.5 Å². The SMILES string of the molecule is Clc1ccc(-c2ccccc2-c2cccc3oc4c5ccccc5ccc4c23)cc1. The summed E-state index contributed by atoms with van der Waals surface area (Å²) in [4.78, 5) is 0. The highest BCUT2D eigenvalue weighted by atomic mass is 35.5. The molecule has 0 saturated carbocycles. The molecular formula is C28H17ClO. The van der Waals surface area contributed by atoms with Gasteiger partial charge in [0.25, 0.3) is 0 Å². The van der Waals surface area contributed by atoms with E-state index < -0.39 is 0 Å². The Bertz CT molecular complexity index is 1540. The zero-order chi connectivity index (χ0) is 20.1. The summed E-state index contributed by atoms with van der Waals surface area (Å²) in [7, 11) is 0. The topological polar surface area (TPSA) is 13.1 Å². The van der Waals surface area contributed by atoms with Crippen LogP contribution >= 0.6 is 11.6 Å². The molecule has 1 heterocycles. The number of halogens is 1. The highest BCUT2D eigenvalue weighted by molar-refractivity contribution is 6.30. The predicted molar refractivity (Wildman–Crippen MR) is 127 cm³/mol. The van der Waals surface area contributed by atoms with Crippen LogP contribution in [0.15, 0.2) is 108 Å². The number of rotatable bonds is 2. The van der Waals surface area contributed by atoms with Crippen LogP contribution in [0.25, 0.3) is 55.0 Å². The van der Waals surface area contributed by atoms with E-state index in [1.807, 2.05) is 12.1 Å². The van der Waals surface area contributed by atoms with E-state index in [0.29, 0.717) is 0 Å². The van der Waals surface area contributed by atoms with Gasteiger partial charge < -0.3 is 4.42 Å². The summed E-state index contributed by atoms with van der Waals surface area (Å²) in [5.41, 5.74) is 6.53. The summed E-state index contributed by atoms with van der Waals surface area (Å²) < 4.78 is 6.37. The summed E-state index contributed by atoms with van der Waals surface area (Å²) in [6, 6.07) is 35.6. The molecule has 0 fully saturated rings. The van der Waals surface area contributed by atoms with Crippen LogP contribution in [-0.4, -0.2) is 0 Å². The second-order valence-electron chi connectivity index (χ2n) is 7.50. The van der Waals surface area contributed by atoms with E-state index in [1.165, 1.54) is 22.1 Å². The first kappa shape index (κ1) is 17.3. The molecular weight excluding hydrogens is 388 g/mol. The average molecular weight is 405 g/mol. The summed E-state index contributed by atoms with van der Waals surface area (Å²) in [6.45, 7) is 0. The van der Waals surface area contributed by atoms with Gasteiger partial charge in [0.2, 0.25) is 0 Å². The molecule has 0 bridgehead atoms. The van der Waals surface area contributed by atoms with Crippen LogP contribution in [0.1, 0.15) is 0 Å². The monoisotopic (exact) mass is 404 g/mol. The van der Waals surface area contributed by atoms with Crippen molar-refractivity contribution >= 4 is 44.3 Å². The molecule has 5 aromatic carbocycles. The standard InChI is InChI=1S/C28H17ClO/c29-20-15-12-19(13-16-20)21-7-3-4-9-23(21)24-10-5-11-26-27(24)25-17-14-18-6-1-2-8-22(18)28(25)30-26/h1-17H. The van der Waals surface area contributed by atoms with Gasteiger partial charge in [-0.3, -0.25) is 0 Å². The number of hydrogen-bond acceptors (Lipinski definition) is 1. The molecule has 0 amide bonds. The van der Waals surface area contributed by atoms with Gasteiger partial charge in [0.1, 0.15) is 11.2 Å². The van der Waals surface area contributed by atoms with E-state index in [2.05, 4.69) is 91.0 Å². The number of furan rings is 1. The molecule has 0 N–H and O–H groups in total. The number of hydrogen-bond donors (Lipinski definition) is 0. The Morgan fingerprint density at radius 2 is 1.27 bits per heavy atom. The van der Waals surface area contributed by atoms with Crippen LogP contribution in [0.4, 0.5) is 0 Å². The molecule has 6 rings (SSSR count). The van der Waals surface area contributed by atoms with Crippen molar-refractivity contribution in [2.24, 2.45) is 0 Å². The van der Waals surface area contributed by atoms with Crippen molar-refractivity contribution in [3.05, 3.63) is 108 Å². The molecule has 6 aromatic rings. The van der Waals surface area contributed by atoms with Gasteiger partial charge >= 0.3 is 0 Å². The van der Waals surface area contributed by atoms with Gasteiger partial charge in [-0.25, -0.2) is 0 Å². The van der Waals surface area contributed by atoms with Crippen molar-refractivity contribution in [1.29, 1.82) is 0 Å². The van der Waals surface area contributed by atoms with Crippen LogP contribution in [-0.2, 0) is 0 Å². The molecule has 30 heavy (non-hydrogen) atoms. The van der Waals surface area contributed by atoms with Crippen LogP contribution in [0.2, 0.25) is 5.02 Å². The first-order valence-corrected chi connectivity index (χ1v) is 10.4. The maximum absolute atomic E-state index is 6.37. The molecule has 142 valence electrons. The van der Waals surface area contributed by atoms with Crippen LogP contribution in [0, 0.1) is 0 Å². The Morgan fingerprint density at radius 3 is 2.13 bits per heavy atom. The second kappa shape index (κ2) is 6.76. The lowest BCUT2D eigenvalue weighted by Crippen LogP contribution is -1.86. The van der Waals surface area contributed by atoms with Crippen molar-refractivity contribution in [3.63, 3.8) is 0 Å². The molecule has 1 aromatic heterocycles. The molecule has 0 aliphatic rings. The molecule has 0 unspecified atom stereocenters. The Balaban J connectivity index is 1.68. The first-order valence-electron chi connectivity index (χ1n) is 9.98. The normalized spacial score (nSPS) is 11.5. The predicted octanol–water partition coefficient (Wildman–Crippen LogP) is 8.73. The van der Waals surface area contributed by atoms with E-state index >= 15 is 0 Å². The van der Waals surface area contributed by atoms with Crippen molar-refractivity contribution in [2.45, 2.75) is 0 Å². The smallest absolute Gasteiger partial charge is 0.143 e. The zero-order valence-corrected chi connectivity index (χ0v) is 16.9. The first-order chi connectivity index (χ1) is 14.8. The maximum atomic E-state index is 6.37. The van der Waals surface area contributed by atoms with E-state index in [0.717, 1.165) is 37.9 Å². The van der Waals surface area contributed by atoms with Gasteiger partial charge in [0.15, 0.2) is 0 Å². The van der Waals surface area contributed by atoms with Crippen molar-refractivity contribution < 1.29 is 4.42 Å². The van der Waals surface area contributed by atoms with Crippen LogP contribution in [0.5, 0.6) is 0 Å². The highest BCUT2D eigenvalue weighted by Crippen LogP contribution is 2.42. The van der Waals surface area contributed by atoms with Crippen molar-refractivity contribution in [2.75, 3.05) is 0 Å². The molecule has 2 heteroatoms. The Labute approximate surface area is 179 Å². The largest absolute Gasteiger partial charge is 0.455 e. The Kier molecular flexibility index (Phi) is 3.90. The van der Waals surface area contributed by atoms with Gasteiger partial charge in [0, 0.05) is 21.2 Å². The fourth-order valence-electron chi connectivity index (χ4n) is 4.38. The summed E-state index contributed by atoms with van der Waals surface area (Å²) >= 11 is 6.12. The van der Waals surface area contributed by atoms with Crippen LogP contribution < -0.4 is 0 Å². The van der Waals surface area contributed by atoms with Gasteiger partial charge in [-0.05, 0) is 51.9 Å². The minimum atomic E-state index is 0.742. The van der Waals surface area contributed by atoms with Gasteiger partial charge in [0.05, 0.1) is 0 Å². The quantitative estimate of drug-likeness (QED) is 0.281. The van der Waals surface area contributed by atoms with E-state index in [4.69, 9.17) is 16.0 Å². The van der Waals surface area contributed by atoms with Crippen LogP contribution in [0.3, 0.4) is 0 Å². The zero-order valence-electron chi connectivity index (χ0n) is 16.1. The summed E-state index contributed by atoms with van der Waals surface area (Å²) in [5.74, 6) is 0. The molecule has 0 saturated heterocycles. The average Bonchev–Trinajstić information content (AvgIpc) is 3.19. The third-order valence-corrected chi connectivity index (χ3v) is 6.01. The lowest BCUT2D eigenvalue weighted by atomic mass is 9.92. The van der Waals surface area contributed by atoms with E-state index in [9.17, 15) is 0 Å². The van der Waals surface area contributed by atoms with E-state index in [-0.39, 0.29) is 0 Å². The fraction of sp³-hybridized carbons (Fsp3) is 0. The molecule has 0 atom stereocenters. The maximum Gasteiger partial charge on any atom is 0.143 e. The van der Waals surface area contributed by atoms with Gasteiger partial charge in [-0.2, -0.15) is 0 Å². The molecule has 0 spiro atoms. The lowest BCUT2D eigenvalue weighted by molar-refractivity contribution is 0.673. The third-order valence-electron chi connectivity index (χ3n) is 5.76. The van der Waals surface area contributed by atoms with Crippen molar-refractivity contribution in [1.82, 2.24) is 0 Å². The Morgan fingerprint density at radius 1 is 0.533 bits per heavy atom. The summed E-state index contributed by atoms with van der Waals surface area (Å²) in [6.07, 6.45) is 0. The lowest BCUT2D eigenvalue weighted by Gasteiger charge is -2.11. The molecule has 0 aliphatic carbocycles. The highest BCUT2D eigenvalue weighted by Gasteiger charge is 2.16. The molecule has 0 aliphatic heterocycles. The summed E-state index contributed by atoms with van der Waals surface area (Å²) in [5, 5.41) is 5.37. The minimum Gasteiger partial charge on any atom is -0.455 e. The van der Waals surface area contributed by atoms with Gasteiger partial charge in [-0.15, -0.1) is 0 Å². The second-order valence-corrected chi connectivity index (χ2v) is 7.93. The third kappa shape index (κ3) is 2.63.